The van der Waals surface area contributed by atoms with Crippen molar-refractivity contribution in [2.45, 2.75) is 36.8 Å². The van der Waals surface area contributed by atoms with Crippen molar-refractivity contribution in [1.82, 2.24) is 5.32 Å². The highest BCUT2D eigenvalue weighted by Crippen LogP contribution is 2.44. The van der Waals surface area contributed by atoms with Crippen LogP contribution in [0.3, 0.4) is 0 Å². The standard InChI is InChI=1S/C16H18F3NO3/c17-16(18,19)12-2-1-3-13-11(12)8-14(10-21-13)9-15(4-5-20-14)22-6-7-23-15/h1-3,20H,4-10H2. The van der Waals surface area contributed by atoms with Gasteiger partial charge in [-0.05, 0) is 18.6 Å². The molecule has 0 amide bonds. The molecule has 1 aromatic rings. The van der Waals surface area contributed by atoms with Crippen LogP contribution in [0.5, 0.6) is 5.75 Å². The second-order valence-electron chi connectivity index (χ2n) is 6.49. The molecule has 4 nitrogen and oxygen atoms in total. The van der Waals surface area contributed by atoms with E-state index in [0.29, 0.717) is 45.0 Å². The van der Waals surface area contributed by atoms with Crippen LogP contribution in [-0.4, -0.2) is 37.7 Å². The Labute approximate surface area is 131 Å². The zero-order valence-electron chi connectivity index (χ0n) is 12.5. The third-order valence-electron chi connectivity index (χ3n) is 4.88. The lowest BCUT2D eigenvalue weighted by Crippen LogP contribution is -2.63. The van der Waals surface area contributed by atoms with Gasteiger partial charge in [-0.2, -0.15) is 13.2 Å². The van der Waals surface area contributed by atoms with E-state index in [-0.39, 0.29) is 12.0 Å². The third kappa shape index (κ3) is 2.60. The van der Waals surface area contributed by atoms with Gasteiger partial charge < -0.3 is 19.5 Å². The zero-order valence-corrected chi connectivity index (χ0v) is 12.5. The fourth-order valence-corrected chi connectivity index (χ4v) is 3.91. The minimum atomic E-state index is -4.39. The van der Waals surface area contributed by atoms with Crippen molar-refractivity contribution in [1.29, 1.82) is 0 Å². The Hall–Kier alpha value is -1.31. The van der Waals surface area contributed by atoms with Crippen LogP contribution in [0.15, 0.2) is 18.2 Å². The fourth-order valence-electron chi connectivity index (χ4n) is 3.91. The maximum absolute atomic E-state index is 13.3. The van der Waals surface area contributed by atoms with Crippen molar-refractivity contribution >= 4 is 0 Å². The van der Waals surface area contributed by atoms with Crippen LogP contribution < -0.4 is 10.1 Å². The summed E-state index contributed by atoms with van der Waals surface area (Å²) in [6.07, 6.45) is -2.94. The van der Waals surface area contributed by atoms with Gasteiger partial charge in [-0.3, -0.25) is 0 Å². The maximum atomic E-state index is 13.3. The number of halogens is 3. The first kappa shape index (κ1) is 15.2. The Morgan fingerprint density at radius 2 is 1.91 bits per heavy atom. The van der Waals surface area contributed by atoms with Gasteiger partial charge in [0.05, 0.1) is 24.3 Å². The lowest BCUT2D eigenvalue weighted by Gasteiger charge is -2.47. The quantitative estimate of drug-likeness (QED) is 0.794. The number of piperidine rings is 1. The SMILES string of the molecule is FC(F)(F)c1cccc2c1CC1(CO2)CC2(CCN1)OCCO2. The molecule has 4 rings (SSSR count). The predicted molar refractivity (Wildman–Crippen MR) is 75.2 cm³/mol. The van der Waals surface area contributed by atoms with Gasteiger partial charge in [0.1, 0.15) is 12.4 Å². The Morgan fingerprint density at radius 1 is 1.13 bits per heavy atom. The molecular weight excluding hydrogens is 311 g/mol. The summed E-state index contributed by atoms with van der Waals surface area (Å²) in [4.78, 5) is 0. The van der Waals surface area contributed by atoms with Gasteiger partial charge in [0.25, 0.3) is 0 Å². The smallest absolute Gasteiger partial charge is 0.416 e. The number of nitrogens with one attached hydrogen (secondary N) is 1. The third-order valence-corrected chi connectivity index (χ3v) is 4.88. The van der Waals surface area contributed by atoms with E-state index in [1.54, 1.807) is 6.07 Å². The Kier molecular flexibility index (Phi) is 3.37. The van der Waals surface area contributed by atoms with Gasteiger partial charge in [-0.25, -0.2) is 0 Å². The van der Waals surface area contributed by atoms with Gasteiger partial charge in [-0.1, -0.05) is 6.07 Å². The molecule has 23 heavy (non-hydrogen) atoms. The van der Waals surface area contributed by atoms with Crippen molar-refractivity contribution < 1.29 is 27.4 Å². The maximum Gasteiger partial charge on any atom is 0.416 e. The number of hydrogen-bond donors (Lipinski definition) is 1. The monoisotopic (exact) mass is 329 g/mol. The van der Waals surface area contributed by atoms with Crippen molar-refractivity contribution in [2.75, 3.05) is 26.4 Å². The molecule has 3 aliphatic rings. The summed E-state index contributed by atoms with van der Waals surface area (Å²) in [5, 5.41) is 3.35. The highest BCUT2D eigenvalue weighted by atomic mass is 19.4. The minimum absolute atomic E-state index is 0.216. The molecule has 1 N–H and O–H groups in total. The van der Waals surface area contributed by atoms with Crippen LogP contribution in [0.25, 0.3) is 0 Å². The number of fused-ring (bicyclic) bond motifs is 1. The topological polar surface area (TPSA) is 39.7 Å². The summed E-state index contributed by atoms with van der Waals surface area (Å²) < 4.78 is 57.1. The van der Waals surface area contributed by atoms with Crippen molar-refractivity contribution in [3.63, 3.8) is 0 Å². The number of hydrogen-bond acceptors (Lipinski definition) is 4. The van der Waals surface area contributed by atoms with Gasteiger partial charge >= 0.3 is 6.18 Å². The number of ether oxygens (including phenoxy) is 3. The summed E-state index contributed by atoms with van der Waals surface area (Å²) in [7, 11) is 0. The second kappa shape index (κ2) is 5.09. The molecule has 1 unspecified atom stereocenters. The molecule has 3 aliphatic heterocycles. The van der Waals surface area contributed by atoms with Gasteiger partial charge in [0.15, 0.2) is 5.79 Å². The molecule has 0 aliphatic carbocycles. The van der Waals surface area contributed by atoms with Crippen LogP contribution in [0, 0.1) is 0 Å². The summed E-state index contributed by atoms with van der Waals surface area (Å²) in [6.45, 7) is 2.01. The van der Waals surface area contributed by atoms with Gasteiger partial charge in [0, 0.05) is 24.9 Å². The van der Waals surface area contributed by atoms with E-state index in [1.807, 2.05) is 0 Å². The fraction of sp³-hybridized carbons (Fsp3) is 0.625. The lowest BCUT2D eigenvalue weighted by molar-refractivity contribution is -0.195. The molecule has 2 fully saturated rings. The molecule has 1 aromatic carbocycles. The highest BCUT2D eigenvalue weighted by molar-refractivity contribution is 5.45. The summed E-state index contributed by atoms with van der Waals surface area (Å²) in [6, 6.07) is 4.10. The van der Waals surface area contributed by atoms with E-state index in [2.05, 4.69) is 5.32 Å². The minimum Gasteiger partial charge on any atom is -0.491 e. The molecule has 3 heterocycles. The largest absolute Gasteiger partial charge is 0.491 e. The van der Waals surface area contributed by atoms with E-state index in [0.717, 1.165) is 6.07 Å². The Bertz CT molecular complexity index is 613. The van der Waals surface area contributed by atoms with Crippen LogP contribution in [-0.2, 0) is 22.1 Å². The van der Waals surface area contributed by atoms with Crippen LogP contribution >= 0.6 is 0 Å². The average molecular weight is 329 g/mol. The molecule has 0 bridgehead atoms. The molecular formula is C16H18F3NO3. The molecule has 0 saturated carbocycles. The van der Waals surface area contributed by atoms with Gasteiger partial charge in [-0.15, -0.1) is 0 Å². The summed E-state index contributed by atoms with van der Waals surface area (Å²) in [5.41, 5.74) is -0.991. The predicted octanol–water partition coefficient (Wildman–Crippen LogP) is 2.51. The molecule has 0 aromatic heterocycles. The van der Waals surface area contributed by atoms with E-state index in [9.17, 15) is 13.2 Å². The first-order valence-corrected chi connectivity index (χ1v) is 7.76. The summed E-state index contributed by atoms with van der Waals surface area (Å²) >= 11 is 0. The normalized spacial score (nSPS) is 29.5. The van der Waals surface area contributed by atoms with E-state index in [1.165, 1.54) is 6.07 Å². The van der Waals surface area contributed by atoms with Crippen LogP contribution in [0.2, 0.25) is 0 Å². The van der Waals surface area contributed by atoms with Crippen molar-refractivity contribution in [2.24, 2.45) is 0 Å². The van der Waals surface area contributed by atoms with Crippen LogP contribution in [0.1, 0.15) is 24.0 Å². The van der Waals surface area contributed by atoms with Crippen molar-refractivity contribution in [3.8, 4) is 5.75 Å². The highest BCUT2D eigenvalue weighted by Gasteiger charge is 2.51. The number of rotatable bonds is 0. The molecule has 2 saturated heterocycles. The van der Waals surface area contributed by atoms with Crippen LogP contribution in [0.4, 0.5) is 13.2 Å². The second-order valence-corrected chi connectivity index (χ2v) is 6.49. The molecule has 126 valence electrons. The Morgan fingerprint density at radius 3 is 2.65 bits per heavy atom. The summed E-state index contributed by atoms with van der Waals surface area (Å²) in [5.74, 6) is -0.362. The lowest BCUT2D eigenvalue weighted by atomic mass is 9.78. The van der Waals surface area contributed by atoms with Crippen molar-refractivity contribution in [3.05, 3.63) is 29.3 Å². The van der Waals surface area contributed by atoms with Gasteiger partial charge in [0.2, 0.25) is 0 Å². The first-order chi connectivity index (χ1) is 10.9. The first-order valence-electron chi connectivity index (χ1n) is 7.76. The van der Waals surface area contributed by atoms with E-state index < -0.39 is 23.1 Å². The molecule has 7 heteroatoms. The molecule has 1 atom stereocenters. The molecule has 0 radical (unpaired) electrons. The van der Waals surface area contributed by atoms with E-state index in [4.69, 9.17) is 14.2 Å². The van der Waals surface area contributed by atoms with E-state index >= 15 is 0 Å². The average Bonchev–Trinajstić information content (AvgIpc) is 2.93. The number of alkyl halides is 3. The zero-order chi connectivity index (χ0) is 16.1. The molecule has 2 spiro atoms. The Balaban J connectivity index is 1.68. The number of benzene rings is 1.